The number of carbonyl (C=O) groups is 1. The molecule has 1 aliphatic heterocycles. The first-order chi connectivity index (χ1) is 5.66. The van der Waals surface area contributed by atoms with Crippen molar-refractivity contribution in [1.29, 1.82) is 0 Å². The number of allylic oxidation sites excluding steroid dienone is 1. The highest BCUT2D eigenvalue weighted by atomic mass is 16.2. The Morgan fingerprint density at radius 3 is 2.83 bits per heavy atom. The topological polar surface area (TPSA) is 20.3 Å². The van der Waals surface area contributed by atoms with Crippen molar-refractivity contribution in [2.24, 2.45) is 5.92 Å². The summed E-state index contributed by atoms with van der Waals surface area (Å²) >= 11 is 0. The van der Waals surface area contributed by atoms with Crippen LogP contribution in [0, 0.1) is 5.92 Å². The van der Waals surface area contributed by atoms with E-state index < -0.39 is 0 Å². The average Bonchev–Trinajstić information content (AvgIpc) is 2.48. The zero-order valence-electron chi connectivity index (χ0n) is 7.97. The quantitative estimate of drug-likeness (QED) is 0.617. The fourth-order valence-corrected chi connectivity index (χ4v) is 1.44. The lowest BCUT2D eigenvalue weighted by Gasteiger charge is -2.20. The molecule has 0 bridgehead atoms. The van der Waals surface area contributed by atoms with E-state index in [-0.39, 0.29) is 11.8 Å². The minimum atomic E-state index is 0.153. The number of likely N-dealkylation sites (tertiary alicyclic amines) is 1. The SMILES string of the molecule is C=C1CCCN1C(=O)C(C)CC. The Hall–Kier alpha value is -0.790. The van der Waals surface area contributed by atoms with Crippen LogP contribution in [0.25, 0.3) is 0 Å². The Kier molecular flexibility index (Phi) is 2.90. The second kappa shape index (κ2) is 3.74. The summed E-state index contributed by atoms with van der Waals surface area (Å²) in [6, 6.07) is 0. The van der Waals surface area contributed by atoms with Gasteiger partial charge in [0.1, 0.15) is 0 Å². The van der Waals surface area contributed by atoms with Crippen LogP contribution in [0.15, 0.2) is 12.3 Å². The molecular weight excluding hydrogens is 150 g/mol. The molecule has 1 saturated heterocycles. The van der Waals surface area contributed by atoms with E-state index in [2.05, 4.69) is 6.58 Å². The normalized spacial score (nSPS) is 19.8. The predicted molar refractivity (Wildman–Crippen MR) is 49.5 cm³/mol. The highest BCUT2D eigenvalue weighted by Gasteiger charge is 2.24. The number of amides is 1. The van der Waals surface area contributed by atoms with Crippen LogP contribution in [0.3, 0.4) is 0 Å². The zero-order chi connectivity index (χ0) is 9.14. The molecule has 0 spiro atoms. The summed E-state index contributed by atoms with van der Waals surface area (Å²) in [5.74, 6) is 0.403. The molecular formula is C10H17NO. The van der Waals surface area contributed by atoms with Crippen LogP contribution < -0.4 is 0 Å². The van der Waals surface area contributed by atoms with Crippen LogP contribution >= 0.6 is 0 Å². The predicted octanol–water partition coefficient (Wildman–Crippen LogP) is 2.17. The molecule has 1 atom stereocenters. The smallest absolute Gasteiger partial charge is 0.229 e. The number of rotatable bonds is 2. The Bertz CT molecular complexity index is 198. The Morgan fingerprint density at radius 1 is 1.75 bits per heavy atom. The fraction of sp³-hybridized carbons (Fsp3) is 0.700. The summed E-state index contributed by atoms with van der Waals surface area (Å²) in [5.41, 5.74) is 1.00. The van der Waals surface area contributed by atoms with E-state index in [0.717, 1.165) is 31.5 Å². The van der Waals surface area contributed by atoms with Crippen molar-refractivity contribution < 1.29 is 4.79 Å². The fourth-order valence-electron chi connectivity index (χ4n) is 1.44. The van der Waals surface area contributed by atoms with Gasteiger partial charge in [0, 0.05) is 18.2 Å². The highest BCUT2D eigenvalue weighted by molar-refractivity contribution is 5.80. The van der Waals surface area contributed by atoms with Gasteiger partial charge in [-0.2, -0.15) is 0 Å². The minimum Gasteiger partial charge on any atom is -0.317 e. The molecule has 0 N–H and O–H groups in total. The van der Waals surface area contributed by atoms with Gasteiger partial charge in [-0.15, -0.1) is 0 Å². The summed E-state index contributed by atoms with van der Waals surface area (Å²) in [7, 11) is 0. The van der Waals surface area contributed by atoms with Gasteiger partial charge in [0.2, 0.25) is 5.91 Å². The summed E-state index contributed by atoms with van der Waals surface area (Å²) in [4.78, 5) is 13.5. The van der Waals surface area contributed by atoms with Gasteiger partial charge in [-0.25, -0.2) is 0 Å². The second-order valence-corrected chi connectivity index (χ2v) is 3.47. The van der Waals surface area contributed by atoms with Crippen molar-refractivity contribution in [3.8, 4) is 0 Å². The van der Waals surface area contributed by atoms with Gasteiger partial charge in [0.05, 0.1) is 0 Å². The third kappa shape index (κ3) is 1.68. The number of hydrogen-bond acceptors (Lipinski definition) is 1. The first-order valence-electron chi connectivity index (χ1n) is 4.66. The van der Waals surface area contributed by atoms with Crippen molar-refractivity contribution >= 4 is 5.91 Å². The molecule has 1 unspecified atom stereocenters. The van der Waals surface area contributed by atoms with Crippen LogP contribution in [-0.4, -0.2) is 17.4 Å². The van der Waals surface area contributed by atoms with E-state index in [0.29, 0.717) is 0 Å². The van der Waals surface area contributed by atoms with Gasteiger partial charge in [0.15, 0.2) is 0 Å². The number of nitrogens with zero attached hydrogens (tertiary/aromatic N) is 1. The maximum absolute atomic E-state index is 11.7. The van der Waals surface area contributed by atoms with Crippen molar-refractivity contribution in [2.75, 3.05) is 6.54 Å². The molecule has 0 saturated carbocycles. The number of hydrogen-bond donors (Lipinski definition) is 0. The number of carbonyl (C=O) groups excluding carboxylic acids is 1. The van der Waals surface area contributed by atoms with E-state index in [4.69, 9.17) is 0 Å². The van der Waals surface area contributed by atoms with Gasteiger partial charge in [-0.05, 0) is 19.3 Å². The maximum Gasteiger partial charge on any atom is 0.229 e. The maximum atomic E-state index is 11.7. The molecule has 1 fully saturated rings. The molecule has 1 aliphatic rings. The molecule has 2 nitrogen and oxygen atoms in total. The third-order valence-corrected chi connectivity index (χ3v) is 2.53. The molecule has 1 amide bonds. The summed E-state index contributed by atoms with van der Waals surface area (Å²) in [5, 5.41) is 0. The van der Waals surface area contributed by atoms with Gasteiger partial charge in [-0.3, -0.25) is 4.79 Å². The van der Waals surface area contributed by atoms with Crippen LogP contribution in [0.4, 0.5) is 0 Å². The lowest BCUT2D eigenvalue weighted by Crippen LogP contribution is -2.30. The standard InChI is InChI=1S/C10H17NO/c1-4-8(2)10(12)11-7-5-6-9(11)3/h8H,3-7H2,1-2H3. The molecule has 12 heavy (non-hydrogen) atoms. The van der Waals surface area contributed by atoms with Gasteiger partial charge >= 0.3 is 0 Å². The van der Waals surface area contributed by atoms with Crippen molar-refractivity contribution in [3.63, 3.8) is 0 Å². The van der Waals surface area contributed by atoms with E-state index in [1.54, 1.807) is 0 Å². The molecule has 0 radical (unpaired) electrons. The molecule has 0 aromatic carbocycles. The Morgan fingerprint density at radius 2 is 2.42 bits per heavy atom. The molecule has 0 aromatic rings. The Balaban J connectivity index is 2.57. The highest BCUT2D eigenvalue weighted by Crippen LogP contribution is 2.21. The minimum absolute atomic E-state index is 0.153. The van der Waals surface area contributed by atoms with Crippen molar-refractivity contribution in [1.82, 2.24) is 4.90 Å². The molecule has 1 heterocycles. The van der Waals surface area contributed by atoms with E-state index in [1.165, 1.54) is 0 Å². The lowest BCUT2D eigenvalue weighted by atomic mass is 10.1. The van der Waals surface area contributed by atoms with E-state index in [1.807, 2.05) is 18.7 Å². The monoisotopic (exact) mass is 167 g/mol. The second-order valence-electron chi connectivity index (χ2n) is 3.47. The average molecular weight is 167 g/mol. The summed E-state index contributed by atoms with van der Waals surface area (Å²) < 4.78 is 0. The third-order valence-electron chi connectivity index (χ3n) is 2.53. The molecule has 0 aliphatic carbocycles. The zero-order valence-corrected chi connectivity index (χ0v) is 7.97. The van der Waals surface area contributed by atoms with Crippen LogP contribution in [0.1, 0.15) is 33.1 Å². The Labute approximate surface area is 74.2 Å². The van der Waals surface area contributed by atoms with Gasteiger partial charge in [0.25, 0.3) is 0 Å². The van der Waals surface area contributed by atoms with Gasteiger partial charge < -0.3 is 4.90 Å². The largest absolute Gasteiger partial charge is 0.317 e. The van der Waals surface area contributed by atoms with Crippen molar-refractivity contribution in [2.45, 2.75) is 33.1 Å². The van der Waals surface area contributed by atoms with E-state index >= 15 is 0 Å². The first kappa shape index (κ1) is 9.30. The van der Waals surface area contributed by atoms with Crippen LogP contribution in [-0.2, 0) is 4.79 Å². The van der Waals surface area contributed by atoms with Crippen molar-refractivity contribution in [3.05, 3.63) is 12.3 Å². The molecule has 0 aromatic heterocycles. The van der Waals surface area contributed by atoms with Crippen LogP contribution in [0.5, 0.6) is 0 Å². The molecule has 2 heteroatoms. The lowest BCUT2D eigenvalue weighted by molar-refractivity contribution is -0.132. The van der Waals surface area contributed by atoms with Crippen LogP contribution in [0.2, 0.25) is 0 Å². The summed E-state index contributed by atoms with van der Waals surface area (Å²) in [6.45, 7) is 8.78. The van der Waals surface area contributed by atoms with Gasteiger partial charge in [-0.1, -0.05) is 20.4 Å². The molecule has 1 rings (SSSR count). The van der Waals surface area contributed by atoms with E-state index in [9.17, 15) is 4.79 Å². The summed E-state index contributed by atoms with van der Waals surface area (Å²) in [6.07, 6.45) is 2.99. The molecule has 68 valence electrons. The first-order valence-corrected chi connectivity index (χ1v) is 4.66.